The van der Waals surface area contributed by atoms with E-state index in [-0.39, 0.29) is 17.7 Å². The summed E-state index contributed by atoms with van der Waals surface area (Å²) in [5.74, 6) is -2.62. The number of methoxy groups -OCH3 is 1. The summed E-state index contributed by atoms with van der Waals surface area (Å²) in [7, 11) is 1.11. The molecule has 12 nitrogen and oxygen atoms in total. The van der Waals surface area contributed by atoms with Crippen molar-refractivity contribution in [3.63, 3.8) is 0 Å². The summed E-state index contributed by atoms with van der Waals surface area (Å²) in [6.45, 7) is 2.21. The Balaban J connectivity index is 2.44. The van der Waals surface area contributed by atoms with Gasteiger partial charge in [0.05, 0.1) is 12.0 Å². The molecule has 0 aromatic heterocycles. The molecule has 1 aromatic carbocycles. The van der Waals surface area contributed by atoms with E-state index in [1.54, 1.807) is 0 Å². The molecule has 0 saturated carbocycles. The van der Waals surface area contributed by atoms with E-state index in [2.05, 4.69) is 4.74 Å². The van der Waals surface area contributed by atoms with Crippen LogP contribution in [-0.4, -0.2) is 60.8 Å². The lowest BCUT2D eigenvalue weighted by Gasteiger charge is -2.38. The van der Waals surface area contributed by atoms with Gasteiger partial charge in [0.1, 0.15) is 12.4 Å². The molecule has 0 spiro atoms. The monoisotopic (exact) mass is 425 g/mol. The van der Waals surface area contributed by atoms with E-state index in [4.69, 9.17) is 18.9 Å². The second-order valence-corrected chi connectivity index (χ2v) is 6.19. The molecule has 0 amide bonds. The summed E-state index contributed by atoms with van der Waals surface area (Å²) in [4.78, 5) is 56.5. The maximum atomic E-state index is 12.0. The molecule has 1 aliphatic rings. The zero-order valence-corrected chi connectivity index (χ0v) is 16.3. The summed E-state index contributed by atoms with van der Waals surface area (Å²) in [5.41, 5.74) is -0.533. The first kappa shape index (κ1) is 22.7. The van der Waals surface area contributed by atoms with Gasteiger partial charge in [-0.05, 0) is 12.1 Å². The Hall–Kier alpha value is -3.54. The van der Waals surface area contributed by atoms with Gasteiger partial charge in [0.15, 0.2) is 11.9 Å². The van der Waals surface area contributed by atoms with Crippen LogP contribution in [0, 0.1) is 10.1 Å². The lowest BCUT2D eigenvalue weighted by molar-refractivity contribution is -0.386. The van der Waals surface area contributed by atoms with Crippen molar-refractivity contribution in [3.8, 4) is 5.75 Å². The third-order valence-electron chi connectivity index (χ3n) is 4.02. The average molecular weight is 425 g/mol. The number of esters is 3. The van der Waals surface area contributed by atoms with Gasteiger partial charge < -0.3 is 23.7 Å². The molecule has 1 aliphatic heterocycles. The van der Waals surface area contributed by atoms with E-state index in [1.807, 2.05) is 0 Å². The lowest BCUT2D eigenvalue weighted by atomic mass is 10.0. The SMILES string of the molecule is COC(=O)[C@@H]1C[C@H](OC(C)=O)[C@@H](OC(C)=O)[C@H](Oc2ccc(C=O)cc2[N+](=O)[O-])O1. The van der Waals surface area contributed by atoms with E-state index in [1.165, 1.54) is 6.07 Å². The van der Waals surface area contributed by atoms with Crippen molar-refractivity contribution < 1.29 is 47.8 Å². The standard InChI is InChI=1S/C18H19NO11/c1-9(21)27-14-7-15(17(23)26-3)30-18(16(14)28-10(2)22)29-13-5-4-11(8-20)6-12(13)19(24)25/h4-6,8,14-16,18H,7H2,1-3H3/t14-,15-,16+,18+/m0/s1. The van der Waals surface area contributed by atoms with Crippen molar-refractivity contribution in [2.24, 2.45) is 0 Å². The fourth-order valence-corrected chi connectivity index (χ4v) is 2.82. The number of hydrogen-bond acceptors (Lipinski definition) is 11. The van der Waals surface area contributed by atoms with Crippen LogP contribution in [0.5, 0.6) is 5.75 Å². The quantitative estimate of drug-likeness (QED) is 0.201. The second-order valence-electron chi connectivity index (χ2n) is 6.19. The molecule has 0 aliphatic carbocycles. The highest BCUT2D eigenvalue weighted by molar-refractivity contribution is 5.77. The molecule has 0 radical (unpaired) electrons. The molecular weight excluding hydrogens is 406 g/mol. The predicted octanol–water partition coefficient (Wildman–Crippen LogP) is 0.937. The molecule has 12 heteroatoms. The number of aldehydes is 1. The Morgan fingerprint density at radius 1 is 1.20 bits per heavy atom. The molecule has 2 rings (SSSR count). The molecular formula is C18H19NO11. The minimum Gasteiger partial charge on any atom is -0.467 e. The van der Waals surface area contributed by atoms with Crippen LogP contribution in [-0.2, 0) is 33.3 Å². The fraction of sp³-hybridized carbons (Fsp3) is 0.444. The molecule has 1 saturated heterocycles. The Morgan fingerprint density at radius 3 is 2.40 bits per heavy atom. The van der Waals surface area contributed by atoms with Crippen LogP contribution >= 0.6 is 0 Å². The van der Waals surface area contributed by atoms with Gasteiger partial charge in [-0.3, -0.25) is 24.5 Å². The van der Waals surface area contributed by atoms with Crippen LogP contribution in [0.25, 0.3) is 0 Å². The number of benzene rings is 1. The first-order chi connectivity index (χ1) is 14.2. The summed E-state index contributed by atoms with van der Waals surface area (Å²) in [5, 5.41) is 11.4. The third-order valence-corrected chi connectivity index (χ3v) is 4.02. The number of hydrogen-bond donors (Lipinski definition) is 0. The van der Waals surface area contributed by atoms with Gasteiger partial charge in [-0.15, -0.1) is 0 Å². The summed E-state index contributed by atoms with van der Waals surface area (Å²) < 4.78 is 26.0. The number of nitrogens with zero attached hydrogens (tertiary/aromatic N) is 1. The topological polar surface area (TPSA) is 158 Å². The van der Waals surface area contributed by atoms with E-state index in [0.29, 0.717) is 6.29 Å². The molecule has 162 valence electrons. The highest BCUT2D eigenvalue weighted by atomic mass is 16.7. The van der Waals surface area contributed by atoms with Crippen LogP contribution < -0.4 is 4.74 Å². The minimum absolute atomic E-state index is 0.0281. The fourth-order valence-electron chi connectivity index (χ4n) is 2.82. The minimum atomic E-state index is -1.56. The molecule has 4 atom stereocenters. The Labute approximate surface area is 170 Å². The molecule has 1 fully saturated rings. The van der Waals surface area contributed by atoms with Gasteiger partial charge in [0.2, 0.25) is 12.4 Å². The van der Waals surface area contributed by atoms with E-state index >= 15 is 0 Å². The van der Waals surface area contributed by atoms with E-state index in [0.717, 1.165) is 33.1 Å². The summed E-state index contributed by atoms with van der Waals surface area (Å²) in [6, 6.07) is 3.40. The largest absolute Gasteiger partial charge is 0.467 e. The van der Waals surface area contributed by atoms with Crippen molar-refractivity contribution in [2.45, 2.75) is 44.9 Å². The maximum absolute atomic E-state index is 12.0. The van der Waals surface area contributed by atoms with Gasteiger partial charge in [0, 0.05) is 31.9 Å². The molecule has 1 aromatic rings. The first-order valence-electron chi connectivity index (χ1n) is 8.64. The summed E-state index contributed by atoms with van der Waals surface area (Å²) in [6.07, 6.45) is -5.09. The lowest BCUT2D eigenvalue weighted by Crippen LogP contribution is -2.55. The summed E-state index contributed by atoms with van der Waals surface area (Å²) >= 11 is 0. The number of ether oxygens (including phenoxy) is 5. The Kier molecular flexibility index (Phi) is 7.42. The maximum Gasteiger partial charge on any atom is 0.335 e. The van der Waals surface area contributed by atoms with Crippen LogP contribution in [0.2, 0.25) is 0 Å². The zero-order valence-electron chi connectivity index (χ0n) is 16.3. The number of carbonyl (C=O) groups excluding carboxylic acids is 4. The van der Waals surface area contributed by atoms with Crippen LogP contribution in [0.4, 0.5) is 5.69 Å². The van der Waals surface area contributed by atoms with Crippen LogP contribution in [0.3, 0.4) is 0 Å². The van der Waals surface area contributed by atoms with Crippen LogP contribution in [0.15, 0.2) is 18.2 Å². The van der Waals surface area contributed by atoms with E-state index < -0.39 is 53.1 Å². The van der Waals surface area contributed by atoms with Crippen LogP contribution in [0.1, 0.15) is 30.6 Å². The van der Waals surface area contributed by atoms with Crippen molar-refractivity contribution >= 4 is 29.9 Å². The molecule has 30 heavy (non-hydrogen) atoms. The number of rotatable bonds is 7. The Morgan fingerprint density at radius 2 is 1.87 bits per heavy atom. The van der Waals surface area contributed by atoms with Gasteiger partial charge >= 0.3 is 23.6 Å². The smallest absolute Gasteiger partial charge is 0.335 e. The highest BCUT2D eigenvalue weighted by Gasteiger charge is 2.47. The van der Waals surface area contributed by atoms with Gasteiger partial charge in [-0.25, -0.2) is 4.79 Å². The number of nitro groups is 1. The van der Waals surface area contributed by atoms with Gasteiger partial charge in [-0.1, -0.05) is 0 Å². The van der Waals surface area contributed by atoms with Crippen molar-refractivity contribution in [1.82, 2.24) is 0 Å². The normalized spacial score (nSPS) is 23.0. The highest BCUT2D eigenvalue weighted by Crippen LogP contribution is 2.33. The zero-order chi connectivity index (χ0) is 22.4. The van der Waals surface area contributed by atoms with Crippen molar-refractivity contribution in [3.05, 3.63) is 33.9 Å². The van der Waals surface area contributed by atoms with Gasteiger partial charge in [-0.2, -0.15) is 0 Å². The van der Waals surface area contributed by atoms with Gasteiger partial charge in [0.25, 0.3) is 0 Å². The molecule has 0 N–H and O–H groups in total. The Bertz CT molecular complexity index is 853. The average Bonchev–Trinajstić information content (AvgIpc) is 2.68. The number of nitro benzene ring substituents is 1. The molecule has 1 heterocycles. The second kappa shape index (κ2) is 9.78. The molecule has 0 unspecified atom stereocenters. The predicted molar refractivity (Wildman–Crippen MR) is 95.5 cm³/mol. The number of carbonyl (C=O) groups is 4. The van der Waals surface area contributed by atoms with Crippen molar-refractivity contribution in [2.75, 3.05) is 7.11 Å². The van der Waals surface area contributed by atoms with E-state index in [9.17, 15) is 29.3 Å². The molecule has 0 bridgehead atoms. The van der Waals surface area contributed by atoms with Crippen molar-refractivity contribution in [1.29, 1.82) is 0 Å². The first-order valence-corrected chi connectivity index (χ1v) is 8.64. The third kappa shape index (κ3) is 5.50.